The highest BCUT2D eigenvalue weighted by molar-refractivity contribution is 7.60. The summed E-state index contributed by atoms with van der Waals surface area (Å²) in [6.45, 7) is 9.73. The first-order valence-corrected chi connectivity index (χ1v) is 22.4. The van der Waals surface area contributed by atoms with Crippen LogP contribution in [0.25, 0.3) is 0 Å². The largest absolute Gasteiger partial charge is 0.313 e. The lowest BCUT2D eigenvalue weighted by molar-refractivity contribution is 0.0184. The highest BCUT2D eigenvalue weighted by atomic mass is 31.1. The van der Waals surface area contributed by atoms with E-state index in [-0.39, 0.29) is 18.5 Å². The normalized spacial score (nSPS) is 45.1. The Kier molecular flexibility index (Phi) is 8.18. The van der Waals surface area contributed by atoms with E-state index < -0.39 is 0 Å². The molecular formula is C42H66N2P2. The van der Waals surface area contributed by atoms with Crippen molar-refractivity contribution in [3.05, 3.63) is 34.9 Å². The lowest BCUT2D eigenvalue weighted by Gasteiger charge is -2.67. The van der Waals surface area contributed by atoms with E-state index in [1.807, 2.05) is 0 Å². The molecule has 0 spiro atoms. The molecule has 0 amide bonds. The van der Waals surface area contributed by atoms with Crippen molar-refractivity contribution >= 4 is 17.2 Å². The summed E-state index contributed by atoms with van der Waals surface area (Å²) in [6, 6.07) is 9.19. The van der Waals surface area contributed by atoms with Crippen LogP contribution in [0.1, 0.15) is 153 Å². The van der Waals surface area contributed by atoms with Crippen molar-refractivity contribution in [3.8, 4) is 0 Å². The molecule has 4 heteroatoms. The van der Waals surface area contributed by atoms with Gasteiger partial charge in [-0.3, -0.25) is 0 Å². The summed E-state index contributed by atoms with van der Waals surface area (Å²) in [7, 11) is 3.57. The first-order chi connectivity index (χ1) is 22.1. The van der Waals surface area contributed by atoms with Gasteiger partial charge in [0, 0.05) is 17.2 Å². The van der Waals surface area contributed by atoms with E-state index in [0.29, 0.717) is 22.4 Å². The molecule has 8 bridgehead atoms. The zero-order chi connectivity index (χ0) is 31.3. The van der Waals surface area contributed by atoms with E-state index >= 15 is 0 Å². The molecule has 11 rings (SSSR count). The Morgan fingerprint density at radius 1 is 0.674 bits per heavy atom. The molecule has 1 aromatic carbocycles. The molecule has 1 aromatic rings. The summed E-state index contributed by atoms with van der Waals surface area (Å²) < 4.78 is 0. The molecule has 2 heterocycles. The van der Waals surface area contributed by atoms with Crippen LogP contribution < -0.4 is 10.6 Å². The summed E-state index contributed by atoms with van der Waals surface area (Å²) in [5.74, 6) is 6.37. The fraction of sp³-hybridized carbons (Fsp3) is 0.857. The first-order valence-electron chi connectivity index (χ1n) is 20.3. The van der Waals surface area contributed by atoms with Crippen LogP contribution >= 0.6 is 17.2 Å². The van der Waals surface area contributed by atoms with E-state index in [2.05, 4.69) is 58.8 Å². The third-order valence-electron chi connectivity index (χ3n) is 15.7. The summed E-state index contributed by atoms with van der Waals surface area (Å²) >= 11 is 0. The molecule has 0 radical (unpaired) electrons. The highest BCUT2D eigenvalue weighted by Gasteiger charge is 2.62. The fourth-order valence-electron chi connectivity index (χ4n) is 14.5. The molecule has 2 saturated heterocycles. The van der Waals surface area contributed by atoms with Crippen LogP contribution in [0.15, 0.2) is 18.2 Å². The standard InChI is InChI=1S/C42H66N2P2/c1-39(2,3)35-11-10-34(36(20-35)42(45,37-8-4-6-12-43-37)38-9-5-7-13-44-38)27-46(40-21-28-14-29(22-40)16-30(15-28)23-40)41-24-31-17-32(25-41)19-33(18-31)26-41/h10-11,20,28-33,37-38,43-44H,4-9,12-19,21-27,45H2,1-3H3. The monoisotopic (exact) mass is 660 g/mol. The van der Waals surface area contributed by atoms with Gasteiger partial charge in [0.15, 0.2) is 0 Å². The zero-order valence-electron chi connectivity index (χ0n) is 29.7. The number of benzene rings is 1. The summed E-state index contributed by atoms with van der Waals surface area (Å²) in [4.78, 5) is 0. The molecule has 254 valence electrons. The maximum Gasteiger partial charge on any atom is 0.0405 e. The van der Waals surface area contributed by atoms with E-state index in [1.54, 1.807) is 93.7 Å². The van der Waals surface area contributed by atoms with Gasteiger partial charge in [-0.25, -0.2) is 0 Å². The molecule has 10 aliphatic rings. The van der Waals surface area contributed by atoms with E-state index in [4.69, 9.17) is 0 Å². The third-order valence-corrected chi connectivity index (χ3v) is 20.9. The van der Waals surface area contributed by atoms with E-state index in [1.165, 1.54) is 57.8 Å². The quantitative estimate of drug-likeness (QED) is 0.285. The number of nitrogens with one attached hydrogen (secondary N) is 2. The molecule has 2 aliphatic heterocycles. The van der Waals surface area contributed by atoms with Crippen molar-refractivity contribution in [2.24, 2.45) is 35.5 Å². The maximum atomic E-state index is 4.16. The van der Waals surface area contributed by atoms with Crippen LogP contribution in [-0.2, 0) is 16.7 Å². The second-order valence-corrected chi connectivity index (χ2v) is 24.0. The van der Waals surface area contributed by atoms with Gasteiger partial charge in [-0.05, 0) is 190 Å². The molecule has 2 N–H and O–H groups in total. The Balaban J connectivity index is 1.18. The van der Waals surface area contributed by atoms with Crippen molar-refractivity contribution in [2.75, 3.05) is 13.1 Å². The molecule has 10 fully saturated rings. The van der Waals surface area contributed by atoms with Gasteiger partial charge in [-0.15, -0.1) is 9.24 Å². The molecule has 8 aliphatic carbocycles. The fourth-order valence-corrected chi connectivity index (χ4v) is 20.5. The van der Waals surface area contributed by atoms with Crippen molar-refractivity contribution in [1.82, 2.24) is 10.6 Å². The highest BCUT2D eigenvalue weighted by Crippen LogP contribution is 2.80. The number of piperidine rings is 2. The lowest BCUT2D eigenvalue weighted by atomic mass is 9.55. The summed E-state index contributed by atoms with van der Waals surface area (Å²) in [5, 5.41) is 9.74. The molecule has 0 aromatic heterocycles. The van der Waals surface area contributed by atoms with E-state index in [0.717, 1.165) is 35.5 Å². The second kappa shape index (κ2) is 11.8. The number of hydrogen-bond acceptors (Lipinski definition) is 2. The summed E-state index contributed by atoms with van der Waals surface area (Å²) in [6.07, 6.45) is 28.7. The Hall–Kier alpha value is -0.0000000000000000555. The second-order valence-electron chi connectivity index (χ2n) is 19.9. The third kappa shape index (κ3) is 5.38. The van der Waals surface area contributed by atoms with E-state index in [9.17, 15) is 0 Å². The van der Waals surface area contributed by atoms with Crippen molar-refractivity contribution < 1.29 is 0 Å². The molecule has 3 atom stereocenters. The van der Waals surface area contributed by atoms with Crippen LogP contribution in [0.2, 0.25) is 0 Å². The topological polar surface area (TPSA) is 24.1 Å². The van der Waals surface area contributed by atoms with Gasteiger partial charge in [0.05, 0.1) is 0 Å². The minimum absolute atomic E-state index is 0.0569. The average molecular weight is 661 g/mol. The molecule has 8 saturated carbocycles. The Morgan fingerprint density at radius 2 is 1.11 bits per heavy atom. The van der Waals surface area contributed by atoms with Gasteiger partial charge < -0.3 is 10.6 Å². The number of hydrogen-bond donors (Lipinski definition) is 2. The van der Waals surface area contributed by atoms with Gasteiger partial charge in [-0.2, -0.15) is 0 Å². The molecular weight excluding hydrogens is 594 g/mol. The predicted molar refractivity (Wildman–Crippen MR) is 200 cm³/mol. The first kappa shape index (κ1) is 31.9. The van der Waals surface area contributed by atoms with Crippen LogP contribution in [0.3, 0.4) is 0 Å². The van der Waals surface area contributed by atoms with Gasteiger partial charge in [0.1, 0.15) is 0 Å². The van der Waals surface area contributed by atoms with Gasteiger partial charge >= 0.3 is 0 Å². The van der Waals surface area contributed by atoms with Crippen molar-refractivity contribution in [3.63, 3.8) is 0 Å². The van der Waals surface area contributed by atoms with Crippen LogP contribution in [0.5, 0.6) is 0 Å². The SMILES string of the molecule is CC(C)(C)c1ccc(CP(C23CC4CC(CC(C4)C2)C3)C23CC4CC(CC(C4)C2)C3)c(C(P)(C2CCCCN2)C2CCCCN2)c1. The molecule has 3 unspecified atom stereocenters. The van der Waals surface area contributed by atoms with Crippen LogP contribution in [0.4, 0.5) is 0 Å². The average Bonchev–Trinajstić information content (AvgIpc) is 3.02. The molecule has 2 nitrogen and oxygen atoms in total. The van der Waals surface area contributed by atoms with Crippen LogP contribution in [-0.4, -0.2) is 35.5 Å². The predicted octanol–water partition coefficient (Wildman–Crippen LogP) is 10.3. The maximum absolute atomic E-state index is 4.16. The summed E-state index contributed by atoms with van der Waals surface area (Å²) in [5.41, 5.74) is 5.26. The Bertz CT molecular complexity index is 1150. The smallest absolute Gasteiger partial charge is 0.0405 e. The van der Waals surface area contributed by atoms with Crippen LogP contribution in [0, 0.1) is 35.5 Å². The van der Waals surface area contributed by atoms with Gasteiger partial charge in [-0.1, -0.05) is 59.7 Å². The van der Waals surface area contributed by atoms with Gasteiger partial charge in [0.25, 0.3) is 0 Å². The van der Waals surface area contributed by atoms with Gasteiger partial charge in [0.2, 0.25) is 0 Å². The zero-order valence-corrected chi connectivity index (χ0v) is 31.8. The lowest BCUT2D eigenvalue weighted by Crippen LogP contribution is -2.59. The number of rotatable bonds is 7. The minimum Gasteiger partial charge on any atom is -0.313 e. The minimum atomic E-state index is -0.0712. The Labute approximate surface area is 285 Å². The van der Waals surface area contributed by atoms with Crippen molar-refractivity contribution in [2.45, 2.75) is 175 Å². The molecule has 46 heavy (non-hydrogen) atoms. The Morgan fingerprint density at radius 3 is 1.48 bits per heavy atom. The van der Waals surface area contributed by atoms with Crippen molar-refractivity contribution in [1.29, 1.82) is 0 Å².